The summed E-state index contributed by atoms with van der Waals surface area (Å²) < 4.78 is 41.4. The first-order valence-electron chi connectivity index (χ1n) is 3.55. The van der Waals surface area contributed by atoms with Crippen molar-refractivity contribution in [2.45, 2.75) is 0 Å². The average molecular weight is 251 g/mol. The van der Waals surface area contributed by atoms with Crippen molar-refractivity contribution >= 4 is 33.1 Å². The monoisotopic (exact) mass is 252 g/mol. The van der Waals surface area contributed by atoms with Gasteiger partial charge in [0.15, 0.2) is 0 Å². The molecule has 0 aliphatic heterocycles. The van der Waals surface area contributed by atoms with Gasteiger partial charge in [-0.1, -0.05) is 0 Å². The third-order valence-electron chi connectivity index (χ3n) is 1.61. The third kappa shape index (κ3) is 1.49. The Morgan fingerprint density at radius 2 is 1.92 bits per heavy atom. The molecular weight excluding hydrogens is 247 g/mol. The van der Waals surface area contributed by atoms with E-state index in [-0.39, 0.29) is 5.52 Å². The summed E-state index contributed by atoms with van der Waals surface area (Å²) in [6.07, 6.45) is 0. The fourth-order valence-corrected chi connectivity index (χ4v) is 2.50. The molecule has 0 spiro atoms. The minimum atomic E-state index is -4.94. The van der Waals surface area contributed by atoms with Gasteiger partial charge in [-0.3, -0.25) is 0 Å². The van der Waals surface area contributed by atoms with Crippen LogP contribution in [0.1, 0.15) is 0 Å². The van der Waals surface area contributed by atoms with Crippen LogP contribution in [-0.2, 0) is 0 Å². The maximum atomic E-state index is 12.4. The van der Waals surface area contributed by atoms with Crippen LogP contribution in [0.15, 0.2) is 24.3 Å². The second-order valence-electron chi connectivity index (χ2n) is 2.53. The Morgan fingerprint density at radius 3 is 2.62 bits per heavy atom. The van der Waals surface area contributed by atoms with Gasteiger partial charge in [-0.05, 0) is 0 Å². The topological polar surface area (TPSA) is 16.8 Å². The van der Waals surface area contributed by atoms with Gasteiger partial charge in [0.25, 0.3) is 0 Å². The van der Waals surface area contributed by atoms with E-state index in [1.165, 1.54) is 6.07 Å². The summed E-state index contributed by atoms with van der Waals surface area (Å²) in [6.45, 7) is 0. The molecule has 0 N–H and O–H groups in total. The van der Waals surface area contributed by atoms with E-state index in [4.69, 9.17) is 0 Å². The molecule has 2 nitrogen and oxygen atoms in total. The summed E-state index contributed by atoms with van der Waals surface area (Å²) in [5.74, 6) is 0. The van der Waals surface area contributed by atoms with Gasteiger partial charge in [0.05, 0.1) is 0 Å². The molecule has 7 heteroatoms. The van der Waals surface area contributed by atoms with Crippen LogP contribution in [-0.4, -0.2) is 26.1 Å². The molecule has 0 atom stereocenters. The number of nitrogens with zero attached hydrogens (tertiary/aromatic N) is 2. The first kappa shape index (κ1) is 8.78. The molecule has 1 aromatic heterocycles. The van der Waals surface area contributed by atoms with E-state index in [0.29, 0.717) is 8.99 Å². The van der Waals surface area contributed by atoms with Crippen LogP contribution in [0.2, 0.25) is 0 Å². The number of hydrogen-bond donors (Lipinski definition) is 0. The maximum absolute atomic E-state index is 12.4. The zero-order valence-electron chi connectivity index (χ0n) is 6.32. The fourth-order valence-electron chi connectivity index (χ4n) is 1.07. The van der Waals surface area contributed by atoms with Crippen LogP contribution in [0, 0.1) is 0 Å². The first-order chi connectivity index (χ1) is 6.09. The molecule has 0 unspecified atom stereocenters. The van der Waals surface area contributed by atoms with Crippen LogP contribution >= 0.6 is 0 Å². The summed E-state index contributed by atoms with van der Waals surface area (Å²) in [4.78, 5) is 0. The van der Waals surface area contributed by atoms with Gasteiger partial charge in [0, 0.05) is 0 Å². The van der Waals surface area contributed by atoms with Crippen molar-refractivity contribution in [3.63, 3.8) is 0 Å². The zero-order chi connectivity index (χ0) is 9.47. The summed E-state index contributed by atoms with van der Waals surface area (Å²) in [7, 11) is -4.94. The number of benzene rings is 1. The number of para-hydroxylation sites is 1. The van der Waals surface area contributed by atoms with Crippen LogP contribution in [0.3, 0.4) is 0 Å². The van der Waals surface area contributed by atoms with Gasteiger partial charge >= 0.3 is 77.8 Å². The van der Waals surface area contributed by atoms with Crippen molar-refractivity contribution in [3.8, 4) is 0 Å². The van der Waals surface area contributed by atoms with Crippen LogP contribution in [0.25, 0.3) is 11.0 Å². The Hall–Kier alpha value is -0.806. The summed E-state index contributed by atoms with van der Waals surface area (Å²) in [5, 5.41) is 0. The van der Waals surface area contributed by atoms with E-state index in [1.54, 1.807) is 18.2 Å². The molecule has 0 amide bonds. The van der Waals surface area contributed by atoms with Gasteiger partial charge in [-0.2, -0.15) is 0 Å². The quantitative estimate of drug-likeness (QED) is 0.684. The molecule has 0 saturated heterocycles. The average Bonchev–Trinajstić information content (AvgIpc) is 2.45. The number of hydrogen-bond acceptors (Lipinski definition) is 1. The second kappa shape index (κ2) is 2.85. The molecule has 0 saturated carbocycles. The van der Waals surface area contributed by atoms with E-state index in [0.717, 1.165) is 0 Å². The standard InChI is InChI=1S/C6H4BF3N2Se/c8-7(9,10)12-6-4-2-1-3-5(6)11-13-12/h1-4H. The van der Waals surface area contributed by atoms with Crippen molar-refractivity contribution in [2.24, 2.45) is 0 Å². The van der Waals surface area contributed by atoms with E-state index in [2.05, 4.69) is 3.98 Å². The zero-order valence-corrected chi connectivity index (χ0v) is 8.04. The number of rotatable bonds is 1. The molecule has 68 valence electrons. The Kier molecular flexibility index (Phi) is 1.93. The van der Waals surface area contributed by atoms with Crippen molar-refractivity contribution < 1.29 is 16.4 Å². The van der Waals surface area contributed by atoms with Crippen molar-refractivity contribution in [1.29, 1.82) is 0 Å². The van der Waals surface area contributed by atoms with E-state index < -0.39 is 22.1 Å². The molecule has 13 heavy (non-hydrogen) atoms. The number of fused-ring (bicyclic) bond motifs is 1. The molecule has 0 radical (unpaired) electrons. The van der Waals surface area contributed by atoms with Gasteiger partial charge in [0.1, 0.15) is 0 Å². The van der Waals surface area contributed by atoms with Gasteiger partial charge < -0.3 is 0 Å². The van der Waals surface area contributed by atoms with Crippen LogP contribution in [0.5, 0.6) is 0 Å². The Morgan fingerprint density at radius 1 is 1.23 bits per heavy atom. The molecular formula is C6H4BF3N2Se. The fraction of sp³-hybridized carbons (Fsp3) is 0. The van der Waals surface area contributed by atoms with Crippen molar-refractivity contribution in [2.75, 3.05) is 0 Å². The van der Waals surface area contributed by atoms with E-state index >= 15 is 0 Å². The molecule has 0 fully saturated rings. The molecule has 1 heterocycles. The summed E-state index contributed by atoms with van der Waals surface area (Å²) in [5.41, 5.74) is 0.636. The van der Waals surface area contributed by atoms with Crippen molar-refractivity contribution in [1.82, 2.24) is 3.98 Å². The van der Waals surface area contributed by atoms with Gasteiger partial charge in [0.2, 0.25) is 0 Å². The SMILES string of the molecule is F[B-](F)(F)[n+]1[se]nc2ccccc21. The van der Waals surface area contributed by atoms with Gasteiger partial charge in [-0.25, -0.2) is 0 Å². The van der Waals surface area contributed by atoms with Crippen LogP contribution < -0.4 is 3.47 Å². The van der Waals surface area contributed by atoms with Gasteiger partial charge in [-0.15, -0.1) is 0 Å². The van der Waals surface area contributed by atoms with E-state index in [1.807, 2.05) is 0 Å². The Labute approximate surface area is 78.3 Å². The van der Waals surface area contributed by atoms with E-state index in [9.17, 15) is 12.9 Å². The normalized spacial score (nSPS) is 12.2. The first-order valence-corrected chi connectivity index (χ1v) is 5.08. The molecule has 0 aliphatic rings. The Balaban J connectivity index is 2.72. The molecule has 0 aliphatic carbocycles. The number of aromatic nitrogens is 2. The summed E-state index contributed by atoms with van der Waals surface area (Å²) in [6, 6.07) is 6.32. The van der Waals surface area contributed by atoms with Crippen molar-refractivity contribution in [3.05, 3.63) is 24.3 Å². The van der Waals surface area contributed by atoms with Crippen LogP contribution in [0.4, 0.5) is 12.9 Å². The molecule has 1 aromatic carbocycles. The summed E-state index contributed by atoms with van der Waals surface area (Å²) >= 11 is -0.859. The predicted octanol–water partition coefficient (Wildman–Crippen LogP) is 0.772. The molecule has 0 bridgehead atoms. The molecule has 2 aromatic rings. The predicted molar refractivity (Wildman–Crippen MR) is 43.4 cm³/mol. The third-order valence-corrected chi connectivity index (χ3v) is 3.48. The number of halogens is 3. The minimum absolute atomic E-state index is 0.190. The Bertz CT molecular complexity index is 439. The molecule has 2 rings (SSSR count). The second-order valence-corrected chi connectivity index (χ2v) is 4.08.